The number of benzene rings is 1. The van der Waals surface area contributed by atoms with E-state index >= 15 is 0 Å². The quantitative estimate of drug-likeness (QED) is 0.777. The van der Waals surface area contributed by atoms with E-state index in [9.17, 15) is 4.79 Å². The number of anilines is 1. The van der Waals surface area contributed by atoms with Crippen LogP contribution in [0.1, 0.15) is 18.4 Å². The van der Waals surface area contributed by atoms with Crippen molar-refractivity contribution < 1.29 is 4.79 Å². The van der Waals surface area contributed by atoms with Crippen molar-refractivity contribution in [3.8, 4) is 0 Å². The van der Waals surface area contributed by atoms with Gasteiger partial charge in [0, 0.05) is 22.7 Å². The van der Waals surface area contributed by atoms with Crippen LogP contribution < -0.4 is 5.32 Å². The number of nitrogens with zero attached hydrogens (tertiary/aromatic N) is 1. The van der Waals surface area contributed by atoms with Crippen molar-refractivity contribution in [2.45, 2.75) is 30.3 Å². The van der Waals surface area contributed by atoms with Gasteiger partial charge < -0.3 is 10.2 Å². The van der Waals surface area contributed by atoms with Gasteiger partial charge in [-0.25, -0.2) is 0 Å². The first-order chi connectivity index (χ1) is 9.27. The van der Waals surface area contributed by atoms with E-state index in [1.165, 1.54) is 11.3 Å². The van der Waals surface area contributed by atoms with Gasteiger partial charge in [0.05, 0.1) is 6.04 Å². The largest absolute Gasteiger partial charge is 0.377 e. The first-order valence-electron chi connectivity index (χ1n) is 6.99. The molecule has 19 heavy (non-hydrogen) atoms. The summed E-state index contributed by atoms with van der Waals surface area (Å²) < 4.78 is 0. The van der Waals surface area contributed by atoms with Crippen LogP contribution in [0.15, 0.2) is 35.9 Å². The summed E-state index contributed by atoms with van der Waals surface area (Å²) in [5.74, 6) is 0. The second-order valence-electron chi connectivity index (χ2n) is 5.97. The summed E-state index contributed by atoms with van der Waals surface area (Å²) in [6.07, 6.45) is 5.28. The number of rotatable bonds is 1. The maximum absolute atomic E-state index is 11.4. The molecular weight excluding hydrogens is 236 g/mol. The number of carbonyl (C=O) groups excluding carboxylic acids is 1. The molecule has 2 aliphatic heterocycles. The van der Waals surface area contributed by atoms with Crippen LogP contribution in [-0.4, -0.2) is 36.9 Å². The summed E-state index contributed by atoms with van der Waals surface area (Å²) in [5, 5.41) is 3.59. The van der Waals surface area contributed by atoms with Crippen LogP contribution >= 0.6 is 0 Å². The third-order valence-electron chi connectivity index (χ3n) is 5.29. The summed E-state index contributed by atoms with van der Waals surface area (Å²) in [6, 6.07) is 9.23. The Labute approximate surface area is 113 Å². The van der Waals surface area contributed by atoms with E-state index in [0.717, 1.165) is 31.2 Å². The van der Waals surface area contributed by atoms with Crippen LogP contribution in [0.2, 0.25) is 0 Å². The van der Waals surface area contributed by atoms with Crippen LogP contribution in [0.3, 0.4) is 0 Å². The maximum atomic E-state index is 11.4. The Morgan fingerprint density at radius 2 is 2.26 bits per heavy atom. The zero-order chi connectivity index (χ0) is 13.0. The molecule has 3 aliphatic rings. The molecule has 0 saturated carbocycles. The zero-order valence-corrected chi connectivity index (χ0v) is 11.1. The lowest BCUT2D eigenvalue weighted by Crippen LogP contribution is -2.51. The van der Waals surface area contributed by atoms with Gasteiger partial charge >= 0.3 is 0 Å². The number of likely N-dealkylation sites (tertiary alicyclic amines) is 1. The molecule has 1 aromatic rings. The lowest BCUT2D eigenvalue weighted by atomic mass is 9.65. The Kier molecular flexibility index (Phi) is 2.19. The molecule has 1 fully saturated rings. The smallest absolute Gasteiger partial charge is 0.147 e. The average molecular weight is 254 g/mol. The van der Waals surface area contributed by atoms with E-state index < -0.39 is 0 Å². The second-order valence-corrected chi connectivity index (χ2v) is 5.97. The van der Waals surface area contributed by atoms with Crippen molar-refractivity contribution >= 4 is 12.0 Å². The monoisotopic (exact) mass is 254 g/mol. The van der Waals surface area contributed by atoms with Crippen molar-refractivity contribution in [3.63, 3.8) is 0 Å². The van der Waals surface area contributed by atoms with Gasteiger partial charge in [-0.1, -0.05) is 24.3 Å². The van der Waals surface area contributed by atoms with Gasteiger partial charge in [0.25, 0.3) is 0 Å². The number of para-hydroxylation sites is 1. The fourth-order valence-electron chi connectivity index (χ4n) is 4.44. The number of fused-ring (bicyclic) bond motifs is 1. The molecule has 0 amide bonds. The van der Waals surface area contributed by atoms with Gasteiger partial charge in [0.1, 0.15) is 6.29 Å². The molecule has 1 spiro atoms. The lowest BCUT2D eigenvalue weighted by Gasteiger charge is -2.42. The summed E-state index contributed by atoms with van der Waals surface area (Å²) in [4.78, 5) is 13.9. The van der Waals surface area contributed by atoms with Crippen molar-refractivity contribution in [2.75, 3.05) is 18.9 Å². The molecule has 0 aromatic heterocycles. The van der Waals surface area contributed by atoms with Crippen LogP contribution in [0.25, 0.3) is 0 Å². The fourth-order valence-corrected chi connectivity index (χ4v) is 4.44. The van der Waals surface area contributed by atoms with Gasteiger partial charge in [-0.3, -0.25) is 4.79 Å². The predicted octanol–water partition coefficient (Wildman–Crippen LogP) is 1.95. The van der Waals surface area contributed by atoms with Gasteiger partial charge in [-0.2, -0.15) is 0 Å². The highest BCUT2D eigenvalue weighted by Gasteiger charge is 2.58. The summed E-state index contributed by atoms with van der Waals surface area (Å²) >= 11 is 0. The Balaban J connectivity index is 1.94. The van der Waals surface area contributed by atoms with Gasteiger partial charge in [-0.05, 0) is 38.1 Å². The Hall–Kier alpha value is -1.61. The predicted molar refractivity (Wildman–Crippen MR) is 75.3 cm³/mol. The number of likely N-dealkylation sites (N-methyl/N-ethyl adjacent to an activating group) is 1. The molecule has 0 radical (unpaired) electrons. The van der Waals surface area contributed by atoms with Crippen LogP contribution in [0, 0.1) is 0 Å². The first kappa shape index (κ1) is 11.2. The SMILES string of the molecule is CN1CC[C@]23c4ccccc4N[C@H]2C(C=O)=CC[C@H]13. The molecule has 3 heteroatoms. The molecule has 2 heterocycles. The first-order valence-corrected chi connectivity index (χ1v) is 6.99. The van der Waals surface area contributed by atoms with Crippen LogP contribution in [0.5, 0.6) is 0 Å². The molecule has 4 rings (SSSR count). The van der Waals surface area contributed by atoms with Crippen LogP contribution in [-0.2, 0) is 10.2 Å². The minimum atomic E-state index is 0.0936. The molecule has 1 saturated heterocycles. The van der Waals surface area contributed by atoms with Crippen molar-refractivity contribution in [1.29, 1.82) is 0 Å². The Bertz CT molecular complexity index is 580. The van der Waals surface area contributed by atoms with E-state index in [2.05, 4.69) is 47.6 Å². The molecule has 0 bridgehead atoms. The number of aldehydes is 1. The number of hydrogen-bond donors (Lipinski definition) is 1. The van der Waals surface area contributed by atoms with Crippen molar-refractivity contribution in [3.05, 3.63) is 41.5 Å². The Morgan fingerprint density at radius 1 is 1.42 bits per heavy atom. The summed E-state index contributed by atoms with van der Waals surface area (Å²) in [7, 11) is 2.21. The standard InChI is InChI=1S/C16H18N2O/c1-18-9-8-16-12-4-2-3-5-13(12)17-15(16)11(10-19)6-7-14(16)18/h2-6,10,14-15,17H,7-9H2,1H3/t14-,15-,16+/m0/s1. The Morgan fingerprint density at radius 3 is 3.11 bits per heavy atom. The maximum Gasteiger partial charge on any atom is 0.147 e. The molecule has 3 nitrogen and oxygen atoms in total. The molecule has 0 unspecified atom stereocenters. The van der Waals surface area contributed by atoms with E-state index in [0.29, 0.717) is 6.04 Å². The summed E-state index contributed by atoms with van der Waals surface area (Å²) in [6.45, 7) is 1.11. The lowest BCUT2D eigenvalue weighted by molar-refractivity contribution is -0.105. The molecule has 3 atom stereocenters. The van der Waals surface area contributed by atoms with E-state index in [1.54, 1.807) is 0 Å². The topological polar surface area (TPSA) is 32.3 Å². The molecular formula is C16H18N2O. The van der Waals surface area contributed by atoms with Crippen molar-refractivity contribution in [1.82, 2.24) is 4.90 Å². The zero-order valence-electron chi connectivity index (χ0n) is 11.1. The minimum absolute atomic E-state index is 0.0936. The highest BCUT2D eigenvalue weighted by atomic mass is 16.1. The molecule has 1 aromatic carbocycles. The average Bonchev–Trinajstić information content (AvgIpc) is 2.96. The normalized spacial score (nSPS) is 35.9. The third kappa shape index (κ3) is 1.24. The fraction of sp³-hybridized carbons (Fsp3) is 0.438. The molecule has 1 N–H and O–H groups in total. The van der Waals surface area contributed by atoms with Crippen LogP contribution in [0.4, 0.5) is 5.69 Å². The third-order valence-corrected chi connectivity index (χ3v) is 5.29. The van der Waals surface area contributed by atoms with E-state index in [4.69, 9.17) is 0 Å². The highest BCUT2D eigenvalue weighted by molar-refractivity contribution is 5.81. The number of nitrogens with one attached hydrogen (secondary N) is 1. The summed E-state index contributed by atoms with van der Waals surface area (Å²) in [5.41, 5.74) is 3.64. The molecule has 1 aliphatic carbocycles. The number of hydrogen-bond acceptors (Lipinski definition) is 3. The highest BCUT2D eigenvalue weighted by Crippen LogP contribution is 2.54. The van der Waals surface area contributed by atoms with Crippen molar-refractivity contribution in [2.24, 2.45) is 0 Å². The van der Waals surface area contributed by atoms with Gasteiger partial charge in [-0.15, -0.1) is 0 Å². The van der Waals surface area contributed by atoms with Gasteiger partial charge in [0.15, 0.2) is 0 Å². The van der Waals surface area contributed by atoms with E-state index in [-0.39, 0.29) is 11.5 Å². The minimum Gasteiger partial charge on any atom is -0.377 e. The molecule has 98 valence electrons. The van der Waals surface area contributed by atoms with Gasteiger partial charge in [0.2, 0.25) is 0 Å². The number of carbonyl (C=O) groups is 1. The van der Waals surface area contributed by atoms with E-state index in [1.807, 2.05) is 0 Å². The second kappa shape index (κ2) is 3.70.